The largest absolute Gasteiger partial charge is 0.369 e. The van der Waals surface area contributed by atoms with Gasteiger partial charge in [0.2, 0.25) is 0 Å². The average Bonchev–Trinajstić information content (AvgIpc) is 2.49. The number of para-hydroxylation sites is 1. The molecule has 1 aliphatic rings. The molecule has 2 rings (SSSR count). The fourth-order valence-electron chi connectivity index (χ4n) is 3.06. The molecule has 1 atom stereocenters. The van der Waals surface area contributed by atoms with Crippen LogP contribution in [-0.4, -0.2) is 43.9 Å². The van der Waals surface area contributed by atoms with Gasteiger partial charge in [-0.2, -0.15) is 0 Å². The number of carbonyl (C=O) groups excluding carboxylic acids is 1. The molecule has 1 aromatic rings. The lowest BCUT2D eigenvalue weighted by Crippen LogP contribution is -2.49. The lowest BCUT2D eigenvalue weighted by Gasteiger charge is -2.39. The molecule has 1 fully saturated rings. The van der Waals surface area contributed by atoms with Crippen molar-refractivity contribution in [3.05, 3.63) is 30.3 Å². The first-order chi connectivity index (χ1) is 9.67. The maximum Gasteiger partial charge on any atom is 0.127 e. The number of piperazine rings is 1. The van der Waals surface area contributed by atoms with E-state index in [9.17, 15) is 4.79 Å². The zero-order valence-electron chi connectivity index (χ0n) is 12.7. The second-order valence-corrected chi connectivity index (χ2v) is 6.12. The van der Waals surface area contributed by atoms with E-state index in [1.54, 1.807) is 0 Å². The third-order valence-corrected chi connectivity index (χ3v) is 4.18. The van der Waals surface area contributed by atoms with Crippen molar-refractivity contribution in [2.45, 2.75) is 26.7 Å². The first kappa shape index (κ1) is 15.0. The van der Waals surface area contributed by atoms with Crippen LogP contribution in [0.15, 0.2) is 30.3 Å². The van der Waals surface area contributed by atoms with Gasteiger partial charge in [-0.05, 0) is 18.6 Å². The maximum atomic E-state index is 11.3. The molecule has 1 unspecified atom stereocenters. The van der Waals surface area contributed by atoms with Crippen LogP contribution in [0.4, 0.5) is 5.69 Å². The summed E-state index contributed by atoms with van der Waals surface area (Å²) >= 11 is 0. The van der Waals surface area contributed by atoms with E-state index in [1.807, 2.05) is 0 Å². The zero-order valence-corrected chi connectivity index (χ0v) is 12.7. The van der Waals surface area contributed by atoms with Crippen molar-refractivity contribution in [3.63, 3.8) is 0 Å². The summed E-state index contributed by atoms with van der Waals surface area (Å²) < 4.78 is 0. The highest BCUT2D eigenvalue weighted by molar-refractivity contribution is 5.59. The lowest BCUT2D eigenvalue weighted by molar-refractivity contribution is -0.116. The van der Waals surface area contributed by atoms with Crippen molar-refractivity contribution in [3.8, 4) is 0 Å². The minimum atomic E-state index is -0.177. The van der Waals surface area contributed by atoms with Gasteiger partial charge in [-0.25, -0.2) is 0 Å². The zero-order chi connectivity index (χ0) is 14.4. The third kappa shape index (κ3) is 3.83. The van der Waals surface area contributed by atoms with E-state index < -0.39 is 0 Å². The van der Waals surface area contributed by atoms with Gasteiger partial charge in [-0.1, -0.05) is 38.5 Å². The quantitative estimate of drug-likeness (QED) is 0.745. The van der Waals surface area contributed by atoms with Crippen molar-refractivity contribution < 1.29 is 4.79 Å². The van der Waals surface area contributed by atoms with E-state index in [0.717, 1.165) is 51.9 Å². The molecule has 110 valence electrons. The number of carbonyl (C=O) groups is 1. The Hall–Kier alpha value is -1.35. The molecule has 1 aliphatic heterocycles. The molecular weight excluding hydrogens is 248 g/mol. The summed E-state index contributed by atoms with van der Waals surface area (Å²) in [7, 11) is 0. The van der Waals surface area contributed by atoms with Crippen molar-refractivity contribution in [2.24, 2.45) is 5.41 Å². The smallest absolute Gasteiger partial charge is 0.127 e. The van der Waals surface area contributed by atoms with Crippen LogP contribution in [0.5, 0.6) is 0 Å². The molecular formula is C17H26N2O. The molecule has 3 heteroatoms. The monoisotopic (exact) mass is 274 g/mol. The van der Waals surface area contributed by atoms with Crippen LogP contribution in [0.3, 0.4) is 0 Å². The molecule has 0 bridgehead atoms. The molecule has 1 saturated heterocycles. The van der Waals surface area contributed by atoms with E-state index in [1.165, 1.54) is 5.69 Å². The SMILES string of the molecule is CCCC(C)(C=O)CN1CCN(c2ccccc2)CC1. The van der Waals surface area contributed by atoms with E-state index in [-0.39, 0.29) is 5.41 Å². The predicted molar refractivity (Wildman–Crippen MR) is 84.2 cm³/mol. The predicted octanol–water partition coefficient (Wildman–Crippen LogP) is 2.81. The molecule has 0 radical (unpaired) electrons. The standard InChI is InChI=1S/C17H26N2O/c1-3-9-17(2,15-20)14-18-10-12-19(13-11-18)16-7-5-4-6-8-16/h4-8,15H,3,9-14H2,1-2H3. The van der Waals surface area contributed by atoms with Crippen LogP contribution >= 0.6 is 0 Å². The van der Waals surface area contributed by atoms with Gasteiger partial charge in [0.05, 0.1) is 0 Å². The molecule has 20 heavy (non-hydrogen) atoms. The molecule has 0 saturated carbocycles. The van der Waals surface area contributed by atoms with Crippen molar-refractivity contribution >= 4 is 12.0 Å². The van der Waals surface area contributed by atoms with Crippen molar-refractivity contribution in [1.82, 2.24) is 4.90 Å². The Morgan fingerprint density at radius 3 is 2.35 bits per heavy atom. The Kier molecular flexibility index (Phi) is 5.18. The molecule has 0 aliphatic carbocycles. The number of rotatable bonds is 6. The van der Waals surface area contributed by atoms with Gasteiger partial charge < -0.3 is 9.69 Å². The van der Waals surface area contributed by atoms with Crippen LogP contribution in [0.2, 0.25) is 0 Å². The van der Waals surface area contributed by atoms with Crippen molar-refractivity contribution in [1.29, 1.82) is 0 Å². The number of hydrogen-bond acceptors (Lipinski definition) is 3. The number of hydrogen-bond donors (Lipinski definition) is 0. The summed E-state index contributed by atoms with van der Waals surface area (Å²) in [6, 6.07) is 10.6. The van der Waals surface area contributed by atoms with Gasteiger partial charge in [-0.3, -0.25) is 4.90 Å². The fraction of sp³-hybridized carbons (Fsp3) is 0.588. The van der Waals surface area contributed by atoms with Gasteiger partial charge in [0, 0.05) is 43.8 Å². The molecule has 0 spiro atoms. The number of aldehydes is 1. The van der Waals surface area contributed by atoms with E-state index >= 15 is 0 Å². The second kappa shape index (κ2) is 6.89. The summed E-state index contributed by atoms with van der Waals surface area (Å²) in [4.78, 5) is 16.2. The Morgan fingerprint density at radius 1 is 1.15 bits per heavy atom. The van der Waals surface area contributed by atoms with Crippen LogP contribution in [0.25, 0.3) is 0 Å². The molecule has 0 amide bonds. The topological polar surface area (TPSA) is 23.6 Å². The minimum Gasteiger partial charge on any atom is -0.369 e. The highest BCUT2D eigenvalue weighted by Gasteiger charge is 2.27. The number of anilines is 1. The van der Waals surface area contributed by atoms with Gasteiger partial charge in [0.15, 0.2) is 0 Å². The van der Waals surface area contributed by atoms with Gasteiger partial charge in [-0.15, -0.1) is 0 Å². The minimum absolute atomic E-state index is 0.177. The summed E-state index contributed by atoms with van der Waals surface area (Å²) in [6.07, 6.45) is 3.20. The van der Waals surface area contributed by atoms with Crippen LogP contribution in [-0.2, 0) is 4.79 Å². The third-order valence-electron chi connectivity index (χ3n) is 4.18. The molecule has 0 aromatic heterocycles. The summed E-state index contributed by atoms with van der Waals surface area (Å²) in [5.41, 5.74) is 1.13. The summed E-state index contributed by atoms with van der Waals surface area (Å²) in [5.74, 6) is 0. The van der Waals surface area contributed by atoms with Crippen LogP contribution in [0, 0.1) is 5.41 Å². The Balaban J connectivity index is 1.87. The summed E-state index contributed by atoms with van der Waals surface area (Å²) in [6.45, 7) is 9.31. The molecule has 3 nitrogen and oxygen atoms in total. The van der Waals surface area contributed by atoms with Gasteiger partial charge in [0.25, 0.3) is 0 Å². The normalized spacial score (nSPS) is 19.6. The number of nitrogens with zero attached hydrogens (tertiary/aromatic N) is 2. The Morgan fingerprint density at radius 2 is 1.80 bits per heavy atom. The molecule has 1 aromatic carbocycles. The maximum absolute atomic E-state index is 11.3. The van der Waals surface area contributed by atoms with E-state index in [4.69, 9.17) is 0 Å². The molecule has 1 heterocycles. The average molecular weight is 274 g/mol. The van der Waals surface area contributed by atoms with Crippen LogP contribution < -0.4 is 4.90 Å². The van der Waals surface area contributed by atoms with E-state index in [0.29, 0.717) is 0 Å². The Labute approximate surface area is 122 Å². The van der Waals surface area contributed by atoms with Gasteiger partial charge in [0.1, 0.15) is 6.29 Å². The highest BCUT2D eigenvalue weighted by atomic mass is 16.1. The van der Waals surface area contributed by atoms with E-state index in [2.05, 4.69) is 54.0 Å². The van der Waals surface area contributed by atoms with Crippen LogP contribution in [0.1, 0.15) is 26.7 Å². The Bertz CT molecular complexity index is 412. The van der Waals surface area contributed by atoms with Crippen molar-refractivity contribution in [2.75, 3.05) is 37.6 Å². The lowest BCUT2D eigenvalue weighted by atomic mass is 9.86. The summed E-state index contributed by atoms with van der Waals surface area (Å²) in [5, 5.41) is 0. The number of benzene rings is 1. The first-order valence-electron chi connectivity index (χ1n) is 7.65. The highest BCUT2D eigenvalue weighted by Crippen LogP contribution is 2.23. The first-order valence-corrected chi connectivity index (χ1v) is 7.65. The molecule has 0 N–H and O–H groups in total. The fourth-order valence-corrected chi connectivity index (χ4v) is 3.06. The second-order valence-electron chi connectivity index (χ2n) is 6.12. The van der Waals surface area contributed by atoms with Gasteiger partial charge >= 0.3 is 0 Å².